The molecule has 0 aromatic heterocycles. The van der Waals surface area contributed by atoms with Crippen molar-refractivity contribution >= 4 is 5.91 Å². The lowest BCUT2D eigenvalue weighted by Gasteiger charge is -2.05. The number of carbonyl (C=O) groups is 1. The third-order valence-electron chi connectivity index (χ3n) is 2.49. The molecule has 94 valence electrons. The number of unbranched alkanes of at least 4 members (excludes halogenated alkanes) is 3. The number of benzene rings is 1. The van der Waals surface area contributed by atoms with Gasteiger partial charge in [0, 0.05) is 6.54 Å². The molecule has 0 saturated heterocycles. The zero-order valence-electron chi connectivity index (χ0n) is 9.93. The SMILES string of the molecule is CCCCCCNC(=O)c1cc(F)ccc1F. The lowest BCUT2D eigenvalue weighted by atomic mass is 10.1. The zero-order valence-corrected chi connectivity index (χ0v) is 9.93. The molecule has 1 aromatic carbocycles. The van der Waals surface area contributed by atoms with E-state index < -0.39 is 17.5 Å². The van der Waals surface area contributed by atoms with Gasteiger partial charge in [0.25, 0.3) is 5.91 Å². The fourth-order valence-electron chi connectivity index (χ4n) is 1.52. The van der Waals surface area contributed by atoms with Gasteiger partial charge in [-0.05, 0) is 24.6 Å². The molecule has 4 heteroatoms. The Balaban J connectivity index is 2.44. The van der Waals surface area contributed by atoms with Crippen LogP contribution >= 0.6 is 0 Å². The minimum atomic E-state index is -0.697. The van der Waals surface area contributed by atoms with Crippen molar-refractivity contribution in [3.8, 4) is 0 Å². The number of halogens is 2. The van der Waals surface area contributed by atoms with E-state index in [0.717, 1.165) is 43.9 Å². The van der Waals surface area contributed by atoms with Gasteiger partial charge in [0.05, 0.1) is 5.56 Å². The lowest BCUT2D eigenvalue weighted by Crippen LogP contribution is -2.25. The Morgan fingerprint density at radius 3 is 2.71 bits per heavy atom. The van der Waals surface area contributed by atoms with E-state index in [1.807, 2.05) is 0 Å². The maximum atomic E-state index is 13.2. The molecular weight excluding hydrogens is 224 g/mol. The summed E-state index contributed by atoms with van der Waals surface area (Å²) in [5.74, 6) is -1.86. The van der Waals surface area contributed by atoms with Crippen molar-refractivity contribution in [3.05, 3.63) is 35.4 Å². The van der Waals surface area contributed by atoms with E-state index in [4.69, 9.17) is 0 Å². The van der Waals surface area contributed by atoms with Crippen LogP contribution < -0.4 is 5.32 Å². The first kappa shape index (κ1) is 13.6. The van der Waals surface area contributed by atoms with Crippen molar-refractivity contribution in [1.29, 1.82) is 0 Å². The summed E-state index contributed by atoms with van der Waals surface area (Å²) in [7, 11) is 0. The van der Waals surface area contributed by atoms with Crippen LogP contribution in [0.25, 0.3) is 0 Å². The van der Waals surface area contributed by atoms with Crippen molar-refractivity contribution in [2.75, 3.05) is 6.54 Å². The average Bonchev–Trinajstić information content (AvgIpc) is 2.32. The summed E-state index contributed by atoms with van der Waals surface area (Å²) >= 11 is 0. The van der Waals surface area contributed by atoms with Gasteiger partial charge in [-0.1, -0.05) is 26.2 Å². The second-order valence-corrected chi connectivity index (χ2v) is 3.94. The van der Waals surface area contributed by atoms with Crippen LogP contribution in [0.2, 0.25) is 0 Å². The lowest BCUT2D eigenvalue weighted by molar-refractivity contribution is 0.0948. The zero-order chi connectivity index (χ0) is 12.7. The van der Waals surface area contributed by atoms with E-state index in [1.165, 1.54) is 0 Å². The Morgan fingerprint density at radius 1 is 1.24 bits per heavy atom. The van der Waals surface area contributed by atoms with Crippen LogP contribution in [-0.4, -0.2) is 12.5 Å². The summed E-state index contributed by atoms with van der Waals surface area (Å²) < 4.78 is 26.1. The standard InChI is InChI=1S/C13H17F2NO/c1-2-3-4-5-8-16-13(17)11-9-10(14)6-7-12(11)15/h6-7,9H,2-5,8H2,1H3,(H,16,17). The molecule has 0 aliphatic heterocycles. The molecule has 0 saturated carbocycles. The monoisotopic (exact) mass is 241 g/mol. The maximum absolute atomic E-state index is 13.2. The molecule has 0 atom stereocenters. The van der Waals surface area contributed by atoms with Gasteiger partial charge in [-0.2, -0.15) is 0 Å². The van der Waals surface area contributed by atoms with Crippen molar-refractivity contribution in [2.45, 2.75) is 32.6 Å². The third kappa shape index (κ3) is 4.51. The predicted molar refractivity (Wildman–Crippen MR) is 62.8 cm³/mol. The van der Waals surface area contributed by atoms with Crippen LogP contribution in [0.15, 0.2) is 18.2 Å². The molecule has 0 aliphatic rings. The maximum Gasteiger partial charge on any atom is 0.254 e. The summed E-state index contributed by atoms with van der Waals surface area (Å²) in [6, 6.07) is 2.87. The van der Waals surface area contributed by atoms with Crippen molar-refractivity contribution in [1.82, 2.24) is 5.32 Å². The molecule has 0 heterocycles. The van der Waals surface area contributed by atoms with Gasteiger partial charge in [0.2, 0.25) is 0 Å². The van der Waals surface area contributed by atoms with Gasteiger partial charge in [-0.15, -0.1) is 0 Å². The highest BCUT2D eigenvalue weighted by molar-refractivity contribution is 5.94. The summed E-state index contributed by atoms with van der Waals surface area (Å²) in [5, 5.41) is 2.58. The van der Waals surface area contributed by atoms with Crippen molar-refractivity contribution < 1.29 is 13.6 Å². The normalized spacial score (nSPS) is 10.3. The summed E-state index contributed by atoms with van der Waals surface area (Å²) in [5.41, 5.74) is -0.236. The van der Waals surface area contributed by atoms with Crippen LogP contribution in [0.3, 0.4) is 0 Å². The van der Waals surface area contributed by atoms with E-state index in [-0.39, 0.29) is 5.56 Å². The molecule has 1 amide bonds. The Kier molecular flexibility index (Phi) is 5.60. The molecule has 0 fully saturated rings. The fourth-order valence-corrected chi connectivity index (χ4v) is 1.52. The summed E-state index contributed by atoms with van der Waals surface area (Å²) in [6.45, 7) is 2.59. The molecule has 1 N–H and O–H groups in total. The van der Waals surface area contributed by atoms with Crippen LogP contribution in [0.4, 0.5) is 8.78 Å². The second-order valence-electron chi connectivity index (χ2n) is 3.94. The Morgan fingerprint density at radius 2 is 2.00 bits per heavy atom. The molecule has 0 radical (unpaired) electrons. The number of rotatable bonds is 6. The van der Waals surface area contributed by atoms with Crippen molar-refractivity contribution in [2.24, 2.45) is 0 Å². The van der Waals surface area contributed by atoms with Gasteiger partial charge in [-0.3, -0.25) is 4.79 Å². The Hall–Kier alpha value is -1.45. The van der Waals surface area contributed by atoms with Gasteiger partial charge in [0.1, 0.15) is 11.6 Å². The van der Waals surface area contributed by atoms with E-state index in [1.54, 1.807) is 0 Å². The Bertz CT molecular complexity index is 380. The largest absolute Gasteiger partial charge is 0.352 e. The minimum absolute atomic E-state index is 0.236. The second kappa shape index (κ2) is 6.99. The highest BCUT2D eigenvalue weighted by Crippen LogP contribution is 2.09. The van der Waals surface area contributed by atoms with Gasteiger partial charge in [0.15, 0.2) is 0 Å². The summed E-state index contributed by atoms with van der Waals surface area (Å²) in [6.07, 6.45) is 4.12. The summed E-state index contributed by atoms with van der Waals surface area (Å²) in [4.78, 5) is 11.5. The molecular formula is C13H17F2NO. The van der Waals surface area contributed by atoms with Crippen molar-refractivity contribution in [3.63, 3.8) is 0 Å². The molecule has 1 rings (SSSR count). The van der Waals surface area contributed by atoms with E-state index in [2.05, 4.69) is 12.2 Å². The molecule has 1 aromatic rings. The van der Waals surface area contributed by atoms with E-state index in [9.17, 15) is 13.6 Å². The van der Waals surface area contributed by atoms with E-state index in [0.29, 0.717) is 6.54 Å². The number of hydrogen-bond donors (Lipinski definition) is 1. The highest BCUT2D eigenvalue weighted by Gasteiger charge is 2.11. The Labute approximate surface area is 100 Å². The number of amides is 1. The highest BCUT2D eigenvalue weighted by atomic mass is 19.1. The van der Waals surface area contributed by atoms with Gasteiger partial charge < -0.3 is 5.32 Å². The molecule has 2 nitrogen and oxygen atoms in total. The fraction of sp³-hybridized carbons (Fsp3) is 0.462. The minimum Gasteiger partial charge on any atom is -0.352 e. The van der Waals surface area contributed by atoms with Crippen LogP contribution in [0.5, 0.6) is 0 Å². The molecule has 0 spiro atoms. The quantitative estimate of drug-likeness (QED) is 0.761. The predicted octanol–water partition coefficient (Wildman–Crippen LogP) is 3.27. The number of nitrogens with one attached hydrogen (secondary N) is 1. The van der Waals surface area contributed by atoms with Gasteiger partial charge in [-0.25, -0.2) is 8.78 Å². The first-order valence-corrected chi connectivity index (χ1v) is 5.88. The molecule has 0 aliphatic carbocycles. The van der Waals surface area contributed by atoms with Crippen LogP contribution in [0.1, 0.15) is 43.0 Å². The first-order valence-electron chi connectivity index (χ1n) is 5.88. The third-order valence-corrected chi connectivity index (χ3v) is 2.49. The van der Waals surface area contributed by atoms with E-state index >= 15 is 0 Å². The molecule has 17 heavy (non-hydrogen) atoms. The first-order chi connectivity index (χ1) is 8.15. The number of hydrogen-bond acceptors (Lipinski definition) is 1. The average molecular weight is 241 g/mol. The topological polar surface area (TPSA) is 29.1 Å². The molecule has 0 unspecified atom stereocenters. The van der Waals surface area contributed by atoms with Crippen LogP contribution in [-0.2, 0) is 0 Å². The van der Waals surface area contributed by atoms with Crippen LogP contribution in [0, 0.1) is 11.6 Å². The number of carbonyl (C=O) groups excluding carboxylic acids is 1. The smallest absolute Gasteiger partial charge is 0.254 e. The van der Waals surface area contributed by atoms with Gasteiger partial charge >= 0.3 is 0 Å². The molecule has 0 bridgehead atoms.